The van der Waals surface area contributed by atoms with E-state index in [1.165, 1.54) is 0 Å². The molecular formula is C3H6BrF2OP. The lowest BCUT2D eigenvalue weighted by atomic mass is 11.7. The summed E-state index contributed by atoms with van der Waals surface area (Å²) in [4.78, 5) is 0. The van der Waals surface area contributed by atoms with Gasteiger partial charge in [0, 0.05) is 0 Å². The summed E-state index contributed by atoms with van der Waals surface area (Å²) in [5.74, 6) is 0. The molecule has 0 rings (SSSR count). The molecule has 0 atom stereocenters. The molecule has 0 unspecified atom stereocenters. The molecule has 0 N–H and O–H groups in total. The zero-order valence-electron chi connectivity index (χ0n) is 4.49. The summed E-state index contributed by atoms with van der Waals surface area (Å²) < 4.78 is 31.0. The van der Waals surface area contributed by atoms with E-state index in [1.807, 2.05) is 15.9 Å². The van der Waals surface area contributed by atoms with E-state index in [2.05, 4.69) is 0 Å². The van der Waals surface area contributed by atoms with Crippen molar-refractivity contribution in [1.82, 2.24) is 0 Å². The lowest BCUT2D eigenvalue weighted by Crippen LogP contribution is -2.02. The minimum atomic E-state index is -3.27. The van der Waals surface area contributed by atoms with E-state index in [4.69, 9.17) is 0 Å². The first-order chi connectivity index (χ1) is 3.25. The van der Waals surface area contributed by atoms with E-state index in [0.29, 0.717) is 0 Å². The fourth-order valence-corrected chi connectivity index (χ4v) is 0. The molecule has 0 aliphatic heterocycles. The van der Waals surface area contributed by atoms with E-state index in [1.54, 1.807) is 0 Å². The third-order valence-corrected chi connectivity index (χ3v) is 4.39. The Hall–Kier alpha value is 0.570. The summed E-state index contributed by atoms with van der Waals surface area (Å²) in [5, 5.41) is 0. The molecule has 0 heterocycles. The molecule has 0 aromatic heterocycles. The number of alkyl halides is 3. The van der Waals surface area contributed by atoms with Gasteiger partial charge in [0.1, 0.15) is 0 Å². The number of hydrogen-bond acceptors (Lipinski definition) is 1. The van der Waals surface area contributed by atoms with Crippen molar-refractivity contribution in [3.63, 3.8) is 0 Å². The van der Waals surface area contributed by atoms with Crippen LogP contribution >= 0.6 is 23.1 Å². The maximum atomic E-state index is 11.9. The molecule has 0 spiro atoms. The molecule has 0 aliphatic carbocycles. The Morgan fingerprint density at radius 3 is 1.62 bits per heavy atom. The van der Waals surface area contributed by atoms with Gasteiger partial charge in [0.05, 0.1) is 0 Å². The van der Waals surface area contributed by atoms with Gasteiger partial charge in [0.15, 0.2) is 7.14 Å². The zero-order valence-corrected chi connectivity index (χ0v) is 6.97. The third kappa shape index (κ3) is 2.23. The predicted molar refractivity (Wildman–Crippen MR) is 33.3 cm³/mol. The van der Waals surface area contributed by atoms with Gasteiger partial charge >= 0.3 is 4.57 Å². The Labute approximate surface area is 55.0 Å². The summed E-state index contributed by atoms with van der Waals surface area (Å²) in [5.41, 5.74) is 0. The van der Waals surface area contributed by atoms with Crippen LogP contribution in [0.5, 0.6) is 0 Å². The molecule has 0 saturated heterocycles. The van der Waals surface area contributed by atoms with Gasteiger partial charge in [-0.25, -0.2) is 0 Å². The largest absolute Gasteiger partial charge is 0.350 e. The number of rotatable bonds is 1. The van der Waals surface area contributed by atoms with Gasteiger partial charge in [-0.1, -0.05) is 0 Å². The van der Waals surface area contributed by atoms with Gasteiger partial charge in [0.2, 0.25) is 0 Å². The van der Waals surface area contributed by atoms with Crippen molar-refractivity contribution in [3.05, 3.63) is 0 Å². The molecule has 5 heteroatoms. The average molecular weight is 207 g/mol. The van der Waals surface area contributed by atoms with Gasteiger partial charge in [0.25, 0.3) is 0 Å². The molecule has 0 aromatic carbocycles. The molecule has 1 nitrogen and oxygen atoms in total. The average Bonchev–Trinajstić information content (AvgIpc) is 1.25. The zero-order chi connectivity index (χ0) is 7.00. The molecule has 0 aromatic rings. The topological polar surface area (TPSA) is 17.1 Å². The Bertz CT molecular complexity index is 124. The number of hydrogen-bond donors (Lipinski definition) is 0. The Morgan fingerprint density at radius 2 is 1.62 bits per heavy atom. The van der Waals surface area contributed by atoms with E-state index in [-0.39, 0.29) is 0 Å². The van der Waals surface area contributed by atoms with E-state index in [9.17, 15) is 13.3 Å². The fourth-order valence-electron chi connectivity index (χ4n) is 0. The maximum Gasteiger partial charge on any atom is 0.350 e. The summed E-state index contributed by atoms with van der Waals surface area (Å²) in [6.45, 7) is 2.06. The van der Waals surface area contributed by atoms with Gasteiger partial charge in [-0.05, 0) is 29.3 Å². The standard InChI is InChI=1S/C3H6BrF2OP/c1-8(2,7)3(4,5)6/h1-2H3. The summed E-state index contributed by atoms with van der Waals surface area (Å²) in [6.07, 6.45) is 0. The Kier molecular flexibility index (Phi) is 2.22. The van der Waals surface area contributed by atoms with Crippen molar-refractivity contribution >= 4 is 23.1 Å². The molecule has 0 amide bonds. The minimum Gasteiger partial charge on any atom is -0.317 e. The maximum absolute atomic E-state index is 11.9. The second-order valence-corrected chi connectivity index (χ2v) is 6.69. The quantitative estimate of drug-likeness (QED) is 0.476. The van der Waals surface area contributed by atoms with Crippen molar-refractivity contribution in [2.24, 2.45) is 0 Å². The Morgan fingerprint density at radius 1 is 1.50 bits per heavy atom. The minimum absolute atomic E-state index is 1.03. The van der Waals surface area contributed by atoms with Crippen LogP contribution in [-0.2, 0) is 4.57 Å². The highest BCUT2D eigenvalue weighted by Gasteiger charge is 2.39. The van der Waals surface area contributed by atoms with Gasteiger partial charge in [-0.3, -0.25) is 0 Å². The summed E-state index contributed by atoms with van der Waals surface area (Å²) in [6, 6.07) is 0. The molecule has 0 saturated carbocycles. The second-order valence-electron chi connectivity index (χ2n) is 1.82. The van der Waals surface area contributed by atoms with Gasteiger partial charge < -0.3 is 4.57 Å². The van der Waals surface area contributed by atoms with Crippen molar-refractivity contribution in [2.75, 3.05) is 13.3 Å². The third-order valence-electron chi connectivity index (χ3n) is 0.611. The van der Waals surface area contributed by atoms with Crippen LogP contribution < -0.4 is 0 Å². The molecular weight excluding hydrogens is 201 g/mol. The molecule has 50 valence electrons. The van der Waals surface area contributed by atoms with Crippen molar-refractivity contribution < 1.29 is 13.3 Å². The van der Waals surface area contributed by atoms with Crippen molar-refractivity contribution in [3.8, 4) is 0 Å². The van der Waals surface area contributed by atoms with E-state index >= 15 is 0 Å². The second kappa shape index (κ2) is 2.07. The lowest BCUT2D eigenvalue weighted by Gasteiger charge is -2.11. The monoisotopic (exact) mass is 206 g/mol. The van der Waals surface area contributed by atoms with Crippen LogP contribution in [-0.4, -0.2) is 17.9 Å². The first kappa shape index (κ1) is 8.57. The molecule has 8 heavy (non-hydrogen) atoms. The first-order valence-corrected chi connectivity index (χ1v) is 5.26. The molecule has 0 radical (unpaired) electrons. The van der Waals surface area contributed by atoms with Crippen LogP contribution in [0.4, 0.5) is 8.78 Å². The summed E-state index contributed by atoms with van der Waals surface area (Å²) in [7, 11) is -3.27. The van der Waals surface area contributed by atoms with Crippen LogP contribution in [0.15, 0.2) is 0 Å². The first-order valence-electron chi connectivity index (χ1n) is 1.87. The highest BCUT2D eigenvalue weighted by atomic mass is 79.9. The van der Waals surface area contributed by atoms with Crippen LogP contribution in [0.25, 0.3) is 0 Å². The predicted octanol–water partition coefficient (Wildman–Crippen LogP) is 2.55. The van der Waals surface area contributed by atoms with Gasteiger partial charge in [-0.2, -0.15) is 8.78 Å². The highest BCUT2D eigenvalue weighted by molar-refractivity contribution is 9.11. The van der Waals surface area contributed by atoms with Crippen LogP contribution in [0.1, 0.15) is 0 Å². The Balaban J connectivity index is 4.26. The van der Waals surface area contributed by atoms with Gasteiger partial charge in [-0.15, -0.1) is 0 Å². The van der Waals surface area contributed by atoms with Crippen LogP contribution in [0.2, 0.25) is 0 Å². The molecule has 0 bridgehead atoms. The van der Waals surface area contributed by atoms with E-state index in [0.717, 1.165) is 13.3 Å². The van der Waals surface area contributed by atoms with E-state index < -0.39 is 11.7 Å². The molecule has 0 aliphatic rings. The number of halogens is 3. The normalized spacial score (nSPS) is 14.1. The SMILES string of the molecule is CP(C)(=O)C(F)(F)Br. The lowest BCUT2D eigenvalue weighted by molar-refractivity contribution is 0.204. The van der Waals surface area contributed by atoms with Crippen LogP contribution in [0.3, 0.4) is 0 Å². The van der Waals surface area contributed by atoms with Crippen LogP contribution in [0, 0.1) is 0 Å². The molecule has 0 fully saturated rings. The van der Waals surface area contributed by atoms with Crippen molar-refractivity contribution in [2.45, 2.75) is 4.57 Å². The fraction of sp³-hybridized carbons (Fsp3) is 1.00. The summed E-state index contributed by atoms with van der Waals surface area (Å²) >= 11 is 2.00. The van der Waals surface area contributed by atoms with Crippen molar-refractivity contribution in [1.29, 1.82) is 0 Å². The smallest absolute Gasteiger partial charge is 0.317 e. The highest BCUT2D eigenvalue weighted by Crippen LogP contribution is 2.57.